The van der Waals surface area contributed by atoms with Crippen molar-refractivity contribution >= 4 is 62.3 Å². The van der Waals surface area contributed by atoms with Crippen molar-refractivity contribution in [2.45, 2.75) is 35.2 Å². The maximum absolute atomic E-state index is 13.4. The molecule has 15 heteroatoms. The predicted molar refractivity (Wildman–Crippen MR) is 229 cm³/mol. The number of piperazine rings is 1. The number of thioether (sulfide) groups is 1. The summed E-state index contributed by atoms with van der Waals surface area (Å²) in [5.41, 5.74) is 4.15. The number of carbonyl (C=O) groups excluding carboxylic acids is 2. The van der Waals surface area contributed by atoms with E-state index in [2.05, 4.69) is 38.0 Å². The number of carbonyl (C=O) groups is 2. The van der Waals surface area contributed by atoms with Gasteiger partial charge in [0.05, 0.1) is 9.82 Å². The summed E-state index contributed by atoms with van der Waals surface area (Å²) in [4.78, 5) is 44.6. The van der Waals surface area contributed by atoms with E-state index in [-0.39, 0.29) is 23.6 Å². The van der Waals surface area contributed by atoms with Crippen molar-refractivity contribution in [3.8, 4) is 11.1 Å². The van der Waals surface area contributed by atoms with Gasteiger partial charge in [-0.1, -0.05) is 66.2 Å². The SMILES string of the molecule is O=C(NS(=O)(=O)c1ccc(N[C@@H](CSc2ccccc2)CC(=O)N2CCC2)c([N+](=O)[O-])c1)c1ccc(N2CCN(Cc3ccccc3-c3ccc(Cl)cc3)CC2)cc1. The van der Waals surface area contributed by atoms with Crippen LogP contribution in [0, 0.1) is 10.1 Å². The molecule has 2 N–H and O–H groups in total. The van der Waals surface area contributed by atoms with Crippen molar-refractivity contribution < 1.29 is 22.9 Å². The fourth-order valence-electron chi connectivity index (χ4n) is 6.98. The molecule has 1 atom stereocenters. The number of hydrogen-bond donors (Lipinski definition) is 2. The molecule has 0 bridgehead atoms. The Kier molecular flexibility index (Phi) is 13.0. The Bertz CT molecular complexity index is 2360. The second-order valence-corrected chi connectivity index (χ2v) is 17.5. The van der Waals surface area contributed by atoms with Crippen LogP contribution in [0.1, 0.15) is 28.8 Å². The first-order chi connectivity index (χ1) is 28.0. The molecule has 2 saturated heterocycles. The van der Waals surface area contributed by atoms with E-state index in [4.69, 9.17) is 11.6 Å². The molecule has 12 nitrogen and oxygen atoms in total. The minimum atomic E-state index is -4.49. The number of anilines is 2. The normalized spacial score (nSPS) is 15.0. The molecule has 2 amide bonds. The van der Waals surface area contributed by atoms with E-state index in [9.17, 15) is 28.1 Å². The van der Waals surface area contributed by atoms with E-state index < -0.39 is 37.5 Å². The highest BCUT2D eigenvalue weighted by molar-refractivity contribution is 7.99. The van der Waals surface area contributed by atoms with Gasteiger partial charge in [0.15, 0.2) is 0 Å². The van der Waals surface area contributed by atoms with Gasteiger partial charge in [-0.15, -0.1) is 11.8 Å². The third kappa shape index (κ3) is 10.2. The Morgan fingerprint density at radius 1 is 0.828 bits per heavy atom. The van der Waals surface area contributed by atoms with E-state index in [1.807, 2.05) is 60.7 Å². The van der Waals surface area contributed by atoms with Crippen LogP contribution in [0.25, 0.3) is 11.1 Å². The van der Waals surface area contributed by atoms with Crippen molar-refractivity contribution in [1.82, 2.24) is 14.5 Å². The van der Waals surface area contributed by atoms with Crippen LogP contribution in [0.2, 0.25) is 5.02 Å². The molecular formula is C43H43ClN6O6S2. The molecule has 0 spiro atoms. The summed E-state index contributed by atoms with van der Waals surface area (Å²) in [7, 11) is -4.49. The van der Waals surface area contributed by atoms with E-state index in [0.717, 1.165) is 61.4 Å². The van der Waals surface area contributed by atoms with Crippen LogP contribution in [0.4, 0.5) is 17.1 Å². The van der Waals surface area contributed by atoms with Crippen LogP contribution >= 0.6 is 23.4 Å². The summed E-state index contributed by atoms with van der Waals surface area (Å²) in [6.45, 7) is 5.38. The first kappa shape index (κ1) is 40.8. The lowest BCUT2D eigenvalue weighted by Crippen LogP contribution is -2.46. The van der Waals surface area contributed by atoms with Crippen molar-refractivity contribution in [2.24, 2.45) is 0 Å². The van der Waals surface area contributed by atoms with Crippen LogP contribution in [0.3, 0.4) is 0 Å². The molecule has 0 radical (unpaired) electrons. The second-order valence-electron chi connectivity index (χ2n) is 14.2. The van der Waals surface area contributed by atoms with Gasteiger partial charge in [-0.3, -0.25) is 24.6 Å². The third-order valence-corrected chi connectivity index (χ3v) is 13.1. The highest BCUT2D eigenvalue weighted by Gasteiger charge is 2.28. The molecule has 2 heterocycles. The maximum Gasteiger partial charge on any atom is 0.293 e. The Hall–Kier alpha value is -5.41. The van der Waals surface area contributed by atoms with E-state index in [1.165, 1.54) is 35.0 Å². The zero-order valence-electron chi connectivity index (χ0n) is 31.6. The number of nitrogens with one attached hydrogen (secondary N) is 2. The van der Waals surface area contributed by atoms with Crippen molar-refractivity contribution in [3.63, 3.8) is 0 Å². The van der Waals surface area contributed by atoms with Crippen LogP contribution in [-0.2, 0) is 21.4 Å². The lowest BCUT2D eigenvalue weighted by molar-refractivity contribution is -0.384. The molecule has 7 rings (SSSR count). The monoisotopic (exact) mass is 838 g/mol. The van der Waals surface area contributed by atoms with Gasteiger partial charge in [0.25, 0.3) is 21.6 Å². The summed E-state index contributed by atoms with van der Waals surface area (Å²) < 4.78 is 28.8. The number of benzene rings is 5. The molecule has 0 unspecified atom stereocenters. The minimum absolute atomic E-state index is 0.0545. The van der Waals surface area contributed by atoms with Gasteiger partial charge in [0.1, 0.15) is 5.69 Å². The van der Waals surface area contributed by atoms with Crippen LogP contribution < -0.4 is 14.9 Å². The number of likely N-dealkylation sites (tertiary alicyclic amines) is 1. The zero-order valence-corrected chi connectivity index (χ0v) is 34.0. The number of nitro groups is 1. The molecule has 5 aromatic rings. The molecule has 2 fully saturated rings. The van der Waals surface area contributed by atoms with Gasteiger partial charge in [0, 0.05) is 91.3 Å². The summed E-state index contributed by atoms with van der Waals surface area (Å²) in [6.07, 6.45) is 1.05. The van der Waals surface area contributed by atoms with Gasteiger partial charge in [-0.05, 0) is 83.8 Å². The Labute approximate surface area is 347 Å². The minimum Gasteiger partial charge on any atom is -0.375 e. The van der Waals surface area contributed by atoms with Gasteiger partial charge >= 0.3 is 0 Å². The summed E-state index contributed by atoms with van der Waals surface area (Å²) in [5.74, 6) is -0.476. The average Bonchev–Trinajstić information content (AvgIpc) is 3.20. The number of nitrogens with zero attached hydrogens (tertiary/aromatic N) is 4. The lowest BCUT2D eigenvalue weighted by Gasteiger charge is -2.36. The number of rotatable bonds is 15. The third-order valence-electron chi connectivity index (χ3n) is 10.3. The Balaban J connectivity index is 0.964. The van der Waals surface area contributed by atoms with Gasteiger partial charge in [-0.25, -0.2) is 13.1 Å². The first-order valence-corrected chi connectivity index (χ1v) is 21.9. The number of hydrogen-bond acceptors (Lipinski definition) is 10. The predicted octanol–water partition coefficient (Wildman–Crippen LogP) is 7.55. The smallest absolute Gasteiger partial charge is 0.293 e. The molecule has 2 aliphatic heterocycles. The van der Waals surface area contributed by atoms with Crippen LogP contribution in [-0.4, -0.2) is 86.0 Å². The highest BCUT2D eigenvalue weighted by Crippen LogP contribution is 2.31. The van der Waals surface area contributed by atoms with Crippen LogP contribution in [0.5, 0.6) is 0 Å². The second kappa shape index (κ2) is 18.5. The van der Waals surface area contributed by atoms with Crippen molar-refractivity contribution in [2.75, 3.05) is 55.2 Å². The van der Waals surface area contributed by atoms with E-state index >= 15 is 0 Å². The summed E-state index contributed by atoms with van der Waals surface area (Å²) in [5, 5.41) is 16.1. The van der Waals surface area contributed by atoms with Crippen molar-refractivity contribution in [3.05, 3.63) is 148 Å². The molecule has 58 heavy (non-hydrogen) atoms. The van der Waals surface area contributed by atoms with E-state index in [0.29, 0.717) is 23.9 Å². The molecule has 0 saturated carbocycles. The average molecular weight is 839 g/mol. The lowest BCUT2D eigenvalue weighted by atomic mass is 9.99. The number of sulfonamides is 1. The Morgan fingerprint density at radius 2 is 1.52 bits per heavy atom. The standard InChI is InChI=1S/C43H43ClN6O6S2/c44-34-15-11-31(12-16-34)39-10-5-4-7-33(39)29-47-23-25-48(26-24-47)36-17-13-32(14-18-36)43(52)46-58(55,56)38-19-20-40(41(28-38)50(53)54)45-35(27-42(51)49-21-6-22-49)30-57-37-8-2-1-3-9-37/h1-5,7-20,28,35,45H,6,21-27,29-30H2,(H,46,52)/t35-/m1/s1. The van der Waals surface area contributed by atoms with Gasteiger partial charge in [0.2, 0.25) is 5.91 Å². The molecule has 0 aliphatic carbocycles. The largest absolute Gasteiger partial charge is 0.375 e. The number of halogens is 1. The fraction of sp³-hybridized carbons (Fsp3) is 0.256. The fourth-order valence-corrected chi connectivity index (χ4v) is 9.04. The van der Waals surface area contributed by atoms with Crippen molar-refractivity contribution in [1.29, 1.82) is 0 Å². The van der Waals surface area contributed by atoms with Gasteiger partial charge < -0.3 is 15.1 Å². The molecule has 300 valence electrons. The topological polar surface area (TPSA) is 145 Å². The number of amides is 2. The molecule has 0 aromatic heterocycles. The molecular weight excluding hydrogens is 796 g/mol. The highest BCUT2D eigenvalue weighted by atomic mass is 35.5. The quantitative estimate of drug-likeness (QED) is 0.0616. The van der Waals surface area contributed by atoms with E-state index in [1.54, 1.807) is 29.2 Å². The Morgan fingerprint density at radius 3 is 2.19 bits per heavy atom. The van der Waals surface area contributed by atoms with Crippen LogP contribution in [0.15, 0.2) is 131 Å². The summed E-state index contributed by atoms with van der Waals surface area (Å²) >= 11 is 7.62. The van der Waals surface area contributed by atoms with Gasteiger partial charge in [-0.2, -0.15) is 0 Å². The zero-order chi connectivity index (χ0) is 40.6. The maximum atomic E-state index is 13.4. The number of nitro benzene ring substituents is 1. The summed E-state index contributed by atoms with van der Waals surface area (Å²) in [6, 6.07) is 35.5. The molecule has 2 aliphatic rings. The molecule has 5 aromatic carbocycles. The first-order valence-electron chi connectivity index (χ1n) is 19.0.